The number of aryl methyl sites for hydroxylation is 1. The lowest BCUT2D eigenvalue weighted by molar-refractivity contribution is 0.349. The van der Waals surface area contributed by atoms with Crippen molar-refractivity contribution in [3.63, 3.8) is 0 Å². The smallest absolute Gasteiger partial charge is 0.165 e. The standard InChI is InChI=1S/C17H25N3O2/c1-13(12-20-9-8-19-14(20)2)10-18-11-15-6-5-7-16(21-3)17(15)22-4/h5-9,13,18H,10-12H2,1-4H3. The van der Waals surface area contributed by atoms with Crippen molar-refractivity contribution in [1.29, 1.82) is 0 Å². The van der Waals surface area contributed by atoms with E-state index in [0.717, 1.165) is 42.5 Å². The number of nitrogens with one attached hydrogen (secondary N) is 1. The van der Waals surface area contributed by atoms with Gasteiger partial charge in [-0.2, -0.15) is 0 Å². The molecule has 1 N–H and O–H groups in total. The zero-order valence-corrected chi connectivity index (χ0v) is 13.8. The SMILES string of the molecule is COc1cccc(CNCC(C)Cn2ccnc2C)c1OC. The van der Waals surface area contributed by atoms with Crippen LogP contribution in [-0.4, -0.2) is 30.3 Å². The Bertz CT molecular complexity index is 595. The van der Waals surface area contributed by atoms with E-state index in [0.29, 0.717) is 5.92 Å². The van der Waals surface area contributed by atoms with E-state index in [4.69, 9.17) is 9.47 Å². The molecule has 1 atom stereocenters. The van der Waals surface area contributed by atoms with Crippen LogP contribution in [0.5, 0.6) is 11.5 Å². The number of benzene rings is 1. The summed E-state index contributed by atoms with van der Waals surface area (Å²) in [6.45, 7) is 6.91. The molecule has 0 aliphatic carbocycles. The average Bonchev–Trinajstić information content (AvgIpc) is 2.92. The van der Waals surface area contributed by atoms with Gasteiger partial charge in [0.2, 0.25) is 0 Å². The van der Waals surface area contributed by atoms with Crippen molar-refractivity contribution in [2.24, 2.45) is 5.92 Å². The lowest BCUT2D eigenvalue weighted by Gasteiger charge is -2.16. The van der Waals surface area contributed by atoms with Gasteiger partial charge >= 0.3 is 0 Å². The van der Waals surface area contributed by atoms with Gasteiger partial charge in [-0.3, -0.25) is 0 Å². The Morgan fingerprint density at radius 2 is 2.09 bits per heavy atom. The fourth-order valence-corrected chi connectivity index (χ4v) is 2.54. The lowest BCUT2D eigenvalue weighted by Crippen LogP contribution is -2.24. The minimum atomic E-state index is 0.518. The predicted octanol–water partition coefficient (Wildman–Crippen LogP) is 2.63. The monoisotopic (exact) mass is 303 g/mol. The summed E-state index contributed by atoms with van der Waals surface area (Å²) in [5.74, 6) is 3.14. The van der Waals surface area contributed by atoms with E-state index in [2.05, 4.69) is 27.9 Å². The summed E-state index contributed by atoms with van der Waals surface area (Å²) in [6.07, 6.45) is 3.87. The molecule has 120 valence electrons. The molecule has 0 fully saturated rings. The van der Waals surface area contributed by atoms with Crippen LogP contribution in [0, 0.1) is 12.8 Å². The van der Waals surface area contributed by atoms with Crippen LogP contribution in [0.25, 0.3) is 0 Å². The molecule has 0 saturated heterocycles. The number of hydrogen-bond acceptors (Lipinski definition) is 4. The highest BCUT2D eigenvalue weighted by Crippen LogP contribution is 2.30. The van der Waals surface area contributed by atoms with Crippen LogP contribution in [-0.2, 0) is 13.1 Å². The molecule has 1 unspecified atom stereocenters. The highest BCUT2D eigenvalue weighted by molar-refractivity contribution is 5.46. The number of hydrogen-bond donors (Lipinski definition) is 1. The van der Waals surface area contributed by atoms with Crippen molar-refractivity contribution < 1.29 is 9.47 Å². The molecule has 0 spiro atoms. The first kappa shape index (κ1) is 16.4. The van der Waals surface area contributed by atoms with Gasteiger partial charge in [0.1, 0.15) is 5.82 Å². The van der Waals surface area contributed by atoms with Crippen LogP contribution < -0.4 is 14.8 Å². The van der Waals surface area contributed by atoms with Crippen molar-refractivity contribution in [1.82, 2.24) is 14.9 Å². The summed E-state index contributed by atoms with van der Waals surface area (Å²) in [7, 11) is 3.33. The summed E-state index contributed by atoms with van der Waals surface area (Å²) in [5.41, 5.74) is 1.10. The summed E-state index contributed by atoms with van der Waals surface area (Å²) < 4.78 is 13.0. The fourth-order valence-electron chi connectivity index (χ4n) is 2.54. The fraction of sp³-hybridized carbons (Fsp3) is 0.471. The van der Waals surface area contributed by atoms with E-state index in [1.54, 1.807) is 14.2 Å². The molecule has 1 aromatic carbocycles. The maximum atomic E-state index is 5.45. The lowest BCUT2D eigenvalue weighted by atomic mass is 10.1. The van der Waals surface area contributed by atoms with Gasteiger partial charge in [0.05, 0.1) is 14.2 Å². The van der Waals surface area contributed by atoms with E-state index in [1.165, 1.54) is 0 Å². The van der Waals surface area contributed by atoms with Crippen LogP contribution in [0.2, 0.25) is 0 Å². The van der Waals surface area contributed by atoms with Gasteiger partial charge in [-0.25, -0.2) is 4.98 Å². The molecule has 0 aliphatic heterocycles. The van der Waals surface area contributed by atoms with Crippen LogP contribution in [0.15, 0.2) is 30.6 Å². The van der Waals surface area contributed by atoms with Crippen molar-refractivity contribution in [3.8, 4) is 11.5 Å². The van der Waals surface area contributed by atoms with Gasteiger partial charge in [-0.15, -0.1) is 0 Å². The van der Waals surface area contributed by atoms with Gasteiger partial charge in [-0.1, -0.05) is 19.1 Å². The summed E-state index contributed by atoms with van der Waals surface area (Å²) in [4.78, 5) is 4.25. The molecule has 0 aliphatic rings. The molecule has 22 heavy (non-hydrogen) atoms. The van der Waals surface area contributed by atoms with Crippen LogP contribution in [0.3, 0.4) is 0 Å². The maximum absolute atomic E-state index is 5.45. The van der Waals surface area contributed by atoms with Crippen LogP contribution >= 0.6 is 0 Å². The first-order valence-electron chi connectivity index (χ1n) is 7.54. The summed E-state index contributed by atoms with van der Waals surface area (Å²) in [5, 5.41) is 3.49. The average molecular weight is 303 g/mol. The molecular weight excluding hydrogens is 278 g/mol. The van der Waals surface area contributed by atoms with Crippen molar-refractivity contribution in [2.45, 2.75) is 26.9 Å². The van der Waals surface area contributed by atoms with E-state index in [-0.39, 0.29) is 0 Å². The second kappa shape index (κ2) is 7.84. The minimum absolute atomic E-state index is 0.518. The Labute approximate surface area is 132 Å². The zero-order valence-electron chi connectivity index (χ0n) is 13.8. The molecular formula is C17H25N3O2. The second-order valence-corrected chi connectivity index (χ2v) is 5.52. The largest absolute Gasteiger partial charge is 0.493 e. The molecule has 1 aromatic heterocycles. The number of imidazole rings is 1. The molecule has 0 saturated carbocycles. The number of ether oxygens (including phenoxy) is 2. The van der Waals surface area contributed by atoms with Gasteiger partial charge < -0.3 is 19.4 Å². The number of rotatable bonds is 8. The Balaban J connectivity index is 1.87. The number of nitrogens with zero attached hydrogens (tertiary/aromatic N) is 2. The van der Waals surface area contributed by atoms with E-state index >= 15 is 0 Å². The van der Waals surface area contributed by atoms with Crippen LogP contribution in [0.4, 0.5) is 0 Å². The quantitative estimate of drug-likeness (QED) is 0.814. The first-order valence-corrected chi connectivity index (χ1v) is 7.54. The van der Waals surface area contributed by atoms with Crippen molar-refractivity contribution in [2.75, 3.05) is 20.8 Å². The molecule has 2 rings (SSSR count). The van der Waals surface area contributed by atoms with Gasteiger partial charge in [-0.05, 0) is 25.5 Å². The molecule has 1 heterocycles. The molecule has 0 bridgehead atoms. The highest BCUT2D eigenvalue weighted by atomic mass is 16.5. The van der Waals surface area contributed by atoms with Gasteiger partial charge in [0.15, 0.2) is 11.5 Å². The summed E-state index contributed by atoms with van der Waals surface area (Å²) in [6, 6.07) is 5.95. The second-order valence-electron chi connectivity index (χ2n) is 5.52. The molecule has 2 aromatic rings. The first-order chi connectivity index (χ1) is 10.7. The van der Waals surface area contributed by atoms with Crippen LogP contribution in [0.1, 0.15) is 18.3 Å². The third-order valence-corrected chi connectivity index (χ3v) is 3.72. The number of para-hydroxylation sites is 1. The third-order valence-electron chi connectivity index (χ3n) is 3.72. The Morgan fingerprint density at radius 1 is 1.27 bits per heavy atom. The number of aromatic nitrogens is 2. The molecule has 5 heteroatoms. The van der Waals surface area contributed by atoms with E-state index in [1.807, 2.05) is 31.5 Å². The Hall–Kier alpha value is -2.01. The molecule has 0 radical (unpaired) electrons. The number of methoxy groups -OCH3 is 2. The highest BCUT2D eigenvalue weighted by Gasteiger charge is 2.10. The van der Waals surface area contributed by atoms with Gasteiger partial charge in [0.25, 0.3) is 0 Å². The minimum Gasteiger partial charge on any atom is -0.493 e. The predicted molar refractivity (Wildman–Crippen MR) is 87.4 cm³/mol. The topological polar surface area (TPSA) is 48.3 Å². The molecule has 5 nitrogen and oxygen atoms in total. The van der Waals surface area contributed by atoms with Gasteiger partial charge in [0, 0.05) is 31.0 Å². The van der Waals surface area contributed by atoms with Crippen molar-refractivity contribution >= 4 is 0 Å². The van der Waals surface area contributed by atoms with E-state index < -0.39 is 0 Å². The Morgan fingerprint density at radius 3 is 2.73 bits per heavy atom. The third kappa shape index (κ3) is 4.01. The van der Waals surface area contributed by atoms with Crippen molar-refractivity contribution in [3.05, 3.63) is 42.0 Å². The Kier molecular flexibility index (Phi) is 5.83. The summed E-state index contributed by atoms with van der Waals surface area (Å²) >= 11 is 0. The maximum Gasteiger partial charge on any atom is 0.165 e. The van der Waals surface area contributed by atoms with E-state index in [9.17, 15) is 0 Å². The normalized spacial score (nSPS) is 12.2. The molecule has 0 amide bonds. The zero-order chi connectivity index (χ0) is 15.9.